The number of benzene rings is 2. The van der Waals surface area contributed by atoms with Crippen LogP contribution in [0.4, 0.5) is 0 Å². The maximum Gasteiger partial charge on any atom is 0.338 e. The zero-order valence-electron chi connectivity index (χ0n) is 13.7. The number of methoxy groups -OCH3 is 1. The molecule has 0 aliphatic carbocycles. The van der Waals surface area contributed by atoms with E-state index in [0.29, 0.717) is 5.56 Å². The van der Waals surface area contributed by atoms with Gasteiger partial charge in [0.1, 0.15) is 5.60 Å². The highest BCUT2D eigenvalue weighted by Gasteiger charge is 2.28. The maximum absolute atomic E-state index is 12.6. The van der Waals surface area contributed by atoms with E-state index in [0.717, 1.165) is 0 Å². The average Bonchev–Trinajstić information content (AvgIpc) is 2.59. The lowest BCUT2D eigenvalue weighted by atomic mass is 9.91. The third-order valence-corrected chi connectivity index (χ3v) is 3.52. The molecule has 5 heteroatoms. The molecular weight excluding hydrogens is 308 g/mol. The van der Waals surface area contributed by atoms with E-state index >= 15 is 0 Å². The highest BCUT2D eigenvalue weighted by molar-refractivity contribution is 6.15. The van der Waals surface area contributed by atoms with Crippen molar-refractivity contribution in [2.75, 3.05) is 7.11 Å². The fraction of sp³-hybridized carbons (Fsp3) is 0.211. The summed E-state index contributed by atoms with van der Waals surface area (Å²) in [5.41, 5.74) is -0.906. The molecule has 2 aromatic carbocycles. The van der Waals surface area contributed by atoms with Gasteiger partial charge >= 0.3 is 5.97 Å². The van der Waals surface area contributed by atoms with Crippen LogP contribution in [-0.4, -0.2) is 35.4 Å². The average molecular weight is 326 g/mol. The van der Waals surface area contributed by atoms with Crippen LogP contribution in [0.25, 0.3) is 0 Å². The fourth-order valence-corrected chi connectivity index (χ4v) is 2.26. The molecule has 124 valence electrons. The van der Waals surface area contributed by atoms with Crippen LogP contribution >= 0.6 is 0 Å². The molecule has 2 aromatic rings. The van der Waals surface area contributed by atoms with Crippen molar-refractivity contribution in [1.82, 2.24) is 0 Å². The number of Topliss-reactive ketones (excluding diaryl/α,β-unsaturated/α-hetero) is 1. The molecule has 1 N–H and O–H groups in total. The SMILES string of the molecule is COC(=O)c1cc(C(=O)C(C)(C)O)ccc1C(=O)c1ccccc1. The second-order valence-electron chi connectivity index (χ2n) is 5.84. The van der Waals surface area contributed by atoms with Gasteiger partial charge in [-0.1, -0.05) is 36.4 Å². The van der Waals surface area contributed by atoms with E-state index in [2.05, 4.69) is 0 Å². The lowest BCUT2D eigenvalue weighted by Gasteiger charge is -2.16. The molecule has 0 aromatic heterocycles. The molecule has 0 bridgehead atoms. The van der Waals surface area contributed by atoms with Crippen LogP contribution < -0.4 is 0 Å². The van der Waals surface area contributed by atoms with Crippen molar-refractivity contribution in [1.29, 1.82) is 0 Å². The number of aliphatic hydroxyl groups is 1. The summed E-state index contributed by atoms with van der Waals surface area (Å²) >= 11 is 0. The monoisotopic (exact) mass is 326 g/mol. The van der Waals surface area contributed by atoms with Gasteiger partial charge in [-0.2, -0.15) is 0 Å². The van der Waals surface area contributed by atoms with Gasteiger partial charge in [-0.15, -0.1) is 0 Å². The second kappa shape index (κ2) is 6.76. The van der Waals surface area contributed by atoms with E-state index in [-0.39, 0.29) is 22.5 Å². The molecule has 0 heterocycles. The molecule has 0 unspecified atom stereocenters. The summed E-state index contributed by atoms with van der Waals surface area (Å²) in [7, 11) is 1.20. The molecule has 0 saturated carbocycles. The Balaban J connectivity index is 2.55. The number of ketones is 2. The van der Waals surface area contributed by atoms with E-state index in [9.17, 15) is 19.5 Å². The number of esters is 1. The Bertz CT molecular complexity index is 785. The number of ether oxygens (including phenoxy) is 1. The van der Waals surface area contributed by atoms with Gasteiger partial charge in [0.05, 0.1) is 12.7 Å². The Morgan fingerprint density at radius 3 is 2.08 bits per heavy atom. The summed E-state index contributed by atoms with van der Waals surface area (Å²) in [4.78, 5) is 36.9. The summed E-state index contributed by atoms with van der Waals surface area (Å²) in [5, 5.41) is 9.85. The van der Waals surface area contributed by atoms with Gasteiger partial charge in [-0.05, 0) is 26.0 Å². The molecule has 2 rings (SSSR count). The standard InChI is InChI=1S/C19H18O5/c1-19(2,23)17(21)13-9-10-14(15(11-13)18(22)24-3)16(20)12-7-5-4-6-8-12/h4-11,23H,1-3H3. The van der Waals surface area contributed by atoms with Crippen molar-refractivity contribution in [2.24, 2.45) is 0 Å². The van der Waals surface area contributed by atoms with E-state index in [4.69, 9.17) is 4.74 Å². The first-order valence-electron chi connectivity index (χ1n) is 7.35. The minimum atomic E-state index is -1.58. The highest BCUT2D eigenvalue weighted by atomic mass is 16.5. The summed E-state index contributed by atoms with van der Waals surface area (Å²) in [6.45, 7) is 2.71. The van der Waals surface area contributed by atoms with E-state index in [1.807, 2.05) is 0 Å². The van der Waals surface area contributed by atoms with E-state index in [1.54, 1.807) is 30.3 Å². The number of rotatable bonds is 5. The van der Waals surface area contributed by atoms with Crippen LogP contribution in [0.15, 0.2) is 48.5 Å². The van der Waals surface area contributed by atoms with Crippen LogP contribution in [0.3, 0.4) is 0 Å². The van der Waals surface area contributed by atoms with Crippen molar-refractivity contribution < 1.29 is 24.2 Å². The van der Waals surface area contributed by atoms with Gasteiger partial charge in [0, 0.05) is 16.7 Å². The first-order valence-corrected chi connectivity index (χ1v) is 7.35. The Morgan fingerprint density at radius 2 is 1.54 bits per heavy atom. The number of carbonyl (C=O) groups is 3. The number of hydrogen-bond acceptors (Lipinski definition) is 5. The van der Waals surface area contributed by atoms with Crippen molar-refractivity contribution in [3.8, 4) is 0 Å². The van der Waals surface area contributed by atoms with E-state index in [1.165, 1.54) is 39.2 Å². The molecule has 0 spiro atoms. The molecule has 5 nitrogen and oxygen atoms in total. The quantitative estimate of drug-likeness (QED) is 0.675. The topological polar surface area (TPSA) is 80.7 Å². The van der Waals surface area contributed by atoms with Gasteiger partial charge in [0.25, 0.3) is 0 Å². The summed E-state index contributed by atoms with van der Waals surface area (Å²) in [6, 6.07) is 12.6. The third kappa shape index (κ3) is 3.58. The Kier molecular flexibility index (Phi) is 4.95. The zero-order chi connectivity index (χ0) is 17.9. The largest absolute Gasteiger partial charge is 0.465 e. The van der Waals surface area contributed by atoms with Crippen molar-refractivity contribution in [2.45, 2.75) is 19.4 Å². The molecule has 24 heavy (non-hydrogen) atoms. The molecule has 0 aliphatic heterocycles. The lowest BCUT2D eigenvalue weighted by Crippen LogP contribution is -2.31. The van der Waals surface area contributed by atoms with Crippen LogP contribution in [0, 0.1) is 0 Å². The molecular formula is C19H18O5. The maximum atomic E-state index is 12.6. The van der Waals surface area contributed by atoms with Crippen molar-refractivity contribution in [3.05, 3.63) is 70.8 Å². The highest BCUT2D eigenvalue weighted by Crippen LogP contribution is 2.21. The Hall–Kier alpha value is -2.79. The predicted molar refractivity (Wildman–Crippen MR) is 88.3 cm³/mol. The van der Waals surface area contributed by atoms with Gasteiger partial charge < -0.3 is 9.84 Å². The molecule has 0 atom stereocenters. The van der Waals surface area contributed by atoms with Crippen LogP contribution in [-0.2, 0) is 4.74 Å². The second-order valence-corrected chi connectivity index (χ2v) is 5.84. The smallest absolute Gasteiger partial charge is 0.338 e. The normalized spacial score (nSPS) is 11.0. The first-order chi connectivity index (χ1) is 11.3. The number of carbonyl (C=O) groups excluding carboxylic acids is 3. The summed E-state index contributed by atoms with van der Waals surface area (Å²) in [5.74, 6) is -1.62. The summed E-state index contributed by atoms with van der Waals surface area (Å²) < 4.78 is 4.72. The van der Waals surface area contributed by atoms with Crippen molar-refractivity contribution >= 4 is 17.5 Å². The van der Waals surface area contributed by atoms with Gasteiger partial charge in [0.2, 0.25) is 0 Å². The van der Waals surface area contributed by atoms with Gasteiger partial charge in [-0.25, -0.2) is 4.79 Å². The predicted octanol–water partition coefficient (Wildman–Crippen LogP) is 2.66. The van der Waals surface area contributed by atoms with Crippen LogP contribution in [0.1, 0.15) is 50.5 Å². The third-order valence-electron chi connectivity index (χ3n) is 3.52. The van der Waals surface area contributed by atoms with Crippen LogP contribution in [0.5, 0.6) is 0 Å². The number of hydrogen-bond donors (Lipinski definition) is 1. The van der Waals surface area contributed by atoms with Crippen LogP contribution in [0.2, 0.25) is 0 Å². The Morgan fingerprint density at radius 1 is 0.917 bits per heavy atom. The Labute approximate surface area is 139 Å². The lowest BCUT2D eigenvalue weighted by molar-refractivity contribution is 0.0487. The first kappa shape index (κ1) is 17.6. The minimum absolute atomic E-state index is 0.0125. The van der Waals surface area contributed by atoms with Gasteiger partial charge in [-0.3, -0.25) is 9.59 Å². The fourth-order valence-electron chi connectivity index (χ4n) is 2.26. The molecule has 0 amide bonds. The molecule has 0 saturated heterocycles. The molecule has 0 aliphatic rings. The van der Waals surface area contributed by atoms with Gasteiger partial charge in [0.15, 0.2) is 11.6 Å². The van der Waals surface area contributed by atoms with Crippen molar-refractivity contribution in [3.63, 3.8) is 0 Å². The molecule has 0 fully saturated rings. The zero-order valence-corrected chi connectivity index (χ0v) is 13.7. The minimum Gasteiger partial charge on any atom is -0.465 e. The van der Waals surface area contributed by atoms with E-state index < -0.39 is 17.4 Å². The molecule has 0 radical (unpaired) electrons. The summed E-state index contributed by atoms with van der Waals surface area (Å²) in [6.07, 6.45) is 0.